The summed E-state index contributed by atoms with van der Waals surface area (Å²) in [7, 11) is 0. The Hall–Kier alpha value is -3.41. The van der Waals surface area contributed by atoms with Gasteiger partial charge in [-0.2, -0.15) is 0 Å². The summed E-state index contributed by atoms with van der Waals surface area (Å²) < 4.78 is 5.39. The Morgan fingerprint density at radius 1 is 1.24 bits per heavy atom. The van der Waals surface area contributed by atoms with Crippen LogP contribution < -0.4 is 10.6 Å². The van der Waals surface area contributed by atoms with Gasteiger partial charge in [0.05, 0.1) is 11.8 Å². The van der Waals surface area contributed by atoms with Gasteiger partial charge in [0.1, 0.15) is 11.5 Å². The van der Waals surface area contributed by atoms with E-state index in [1.54, 1.807) is 42.9 Å². The standard InChI is InChI=1S/C19H18N4O2/c1-2-9-21-19(24)15-7-8-16(17-6-4-11-25-17)23-18(15)22-13-14-5-3-10-20-12-14/h2-8,10-12H,1,9,13H2,(H,21,24)(H,22,23). The summed E-state index contributed by atoms with van der Waals surface area (Å²) >= 11 is 0. The van der Waals surface area contributed by atoms with Crippen LogP contribution in [0.15, 0.2) is 72.1 Å². The van der Waals surface area contributed by atoms with Crippen LogP contribution in [0.2, 0.25) is 0 Å². The number of pyridine rings is 2. The number of rotatable bonds is 7. The maximum absolute atomic E-state index is 12.4. The Morgan fingerprint density at radius 3 is 2.88 bits per heavy atom. The molecule has 25 heavy (non-hydrogen) atoms. The molecule has 2 N–H and O–H groups in total. The van der Waals surface area contributed by atoms with E-state index < -0.39 is 0 Å². The SMILES string of the molecule is C=CCNC(=O)c1ccc(-c2ccco2)nc1NCc1cccnc1. The molecular weight excluding hydrogens is 316 g/mol. The van der Waals surface area contributed by atoms with Gasteiger partial charge in [-0.15, -0.1) is 6.58 Å². The molecule has 0 spiro atoms. The molecule has 0 aliphatic rings. The third-order valence-corrected chi connectivity index (χ3v) is 3.50. The molecule has 0 aromatic carbocycles. The molecular formula is C19H18N4O2. The van der Waals surface area contributed by atoms with Crippen molar-refractivity contribution in [3.63, 3.8) is 0 Å². The first-order chi connectivity index (χ1) is 12.3. The third kappa shape index (κ3) is 4.11. The highest BCUT2D eigenvalue weighted by Gasteiger charge is 2.14. The molecule has 3 aromatic heterocycles. The molecule has 0 fully saturated rings. The topological polar surface area (TPSA) is 80.0 Å². The largest absolute Gasteiger partial charge is 0.463 e. The first-order valence-electron chi connectivity index (χ1n) is 7.84. The molecule has 0 radical (unpaired) electrons. The van der Waals surface area contributed by atoms with Crippen molar-refractivity contribution in [3.05, 3.63) is 78.8 Å². The molecule has 0 unspecified atom stereocenters. The van der Waals surface area contributed by atoms with Gasteiger partial charge in [-0.25, -0.2) is 4.98 Å². The van der Waals surface area contributed by atoms with E-state index in [1.807, 2.05) is 18.2 Å². The summed E-state index contributed by atoms with van der Waals surface area (Å²) in [6, 6.07) is 10.9. The van der Waals surface area contributed by atoms with Crippen molar-refractivity contribution in [3.8, 4) is 11.5 Å². The Morgan fingerprint density at radius 2 is 2.16 bits per heavy atom. The smallest absolute Gasteiger partial charge is 0.255 e. The van der Waals surface area contributed by atoms with Gasteiger partial charge in [-0.05, 0) is 35.9 Å². The number of nitrogens with zero attached hydrogens (tertiary/aromatic N) is 2. The van der Waals surface area contributed by atoms with E-state index in [0.717, 1.165) is 5.56 Å². The molecule has 0 saturated heterocycles. The van der Waals surface area contributed by atoms with E-state index in [1.165, 1.54) is 0 Å². The van der Waals surface area contributed by atoms with Crippen molar-refractivity contribution < 1.29 is 9.21 Å². The van der Waals surface area contributed by atoms with E-state index in [2.05, 4.69) is 27.2 Å². The molecule has 3 rings (SSSR count). The number of hydrogen-bond acceptors (Lipinski definition) is 5. The highest BCUT2D eigenvalue weighted by atomic mass is 16.3. The second-order valence-electron chi connectivity index (χ2n) is 5.28. The first-order valence-corrected chi connectivity index (χ1v) is 7.84. The lowest BCUT2D eigenvalue weighted by atomic mass is 10.2. The molecule has 3 heterocycles. The van der Waals surface area contributed by atoms with Crippen molar-refractivity contribution in [1.82, 2.24) is 15.3 Å². The number of carbonyl (C=O) groups is 1. The van der Waals surface area contributed by atoms with Crippen LogP contribution in [-0.2, 0) is 6.54 Å². The van der Waals surface area contributed by atoms with Crippen LogP contribution in [0, 0.1) is 0 Å². The second-order valence-corrected chi connectivity index (χ2v) is 5.28. The molecule has 6 heteroatoms. The fraction of sp³-hybridized carbons (Fsp3) is 0.105. The zero-order chi connectivity index (χ0) is 17.5. The van der Waals surface area contributed by atoms with Gasteiger partial charge in [-0.3, -0.25) is 9.78 Å². The quantitative estimate of drug-likeness (QED) is 0.648. The van der Waals surface area contributed by atoms with Crippen LogP contribution in [0.25, 0.3) is 11.5 Å². The second kappa shape index (κ2) is 7.92. The van der Waals surface area contributed by atoms with E-state index >= 15 is 0 Å². The van der Waals surface area contributed by atoms with Crippen molar-refractivity contribution in [1.29, 1.82) is 0 Å². The fourth-order valence-corrected chi connectivity index (χ4v) is 2.29. The van der Waals surface area contributed by atoms with Crippen LogP contribution in [0.1, 0.15) is 15.9 Å². The molecule has 1 amide bonds. The van der Waals surface area contributed by atoms with E-state index in [9.17, 15) is 4.79 Å². The molecule has 126 valence electrons. The van der Waals surface area contributed by atoms with Crippen LogP contribution in [-0.4, -0.2) is 22.4 Å². The molecule has 0 aliphatic carbocycles. The average Bonchev–Trinajstić information content (AvgIpc) is 3.20. The minimum Gasteiger partial charge on any atom is -0.463 e. The Kier molecular flexibility index (Phi) is 5.21. The summed E-state index contributed by atoms with van der Waals surface area (Å²) in [6.45, 7) is 4.50. The fourth-order valence-electron chi connectivity index (χ4n) is 2.29. The predicted octanol–water partition coefficient (Wildman–Crippen LogP) is 3.26. The summed E-state index contributed by atoms with van der Waals surface area (Å²) in [5.74, 6) is 0.911. The van der Waals surface area contributed by atoms with Crippen LogP contribution in [0.3, 0.4) is 0 Å². The number of nitrogens with one attached hydrogen (secondary N) is 2. The van der Waals surface area contributed by atoms with Crippen LogP contribution in [0.5, 0.6) is 0 Å². The highest BCUT2D eigenvalue weighted by molar-refractivity contribution is 5.99. The number of amides is 1. The van der Waals surface area contributed by atoms with Gasteiger partial charge < -0.3 is 15.1 Å². The Labute approximate surface area is 145 Å². The van der Waals surface area contributed by atoms with E-state index in [-0.39, 0.29) is 5.91 Å². The predicted molar refractivity (Wildman–Crippen MR) is 96.0 cm³/mol. The summed E-state index contributed by atoms with van der Waals surface area (Å²) in [4.78, 5) is 21.0. The van der Waals surface area contributed by atoms with E-state index in [4.69, 9.17) is 4.42 Å². The average molecular weight is 334 g/mol. The summed E-state index contributed by atoms with van der Waals surface area (Å²) in [6.07, 6.45) is 6.70. The van der Waals surface area contributed by atoms with Crippen LogP contribution >= 0.6 is 0 Å². The lowest BCUT2D eigenvalue weighted by molar-refractivity contribution is 0.0958. The minimum absolute atomic E-state index is 0.216. The van der Waals surface area contributed by atoms with Gasteiger partial charge in [0.15, 0.2) is 5.76 Å². The minimum atomic E-state index is -0.216. The molecule has 0 aliphatic heterocycles. The van der Waals surface area contributed by atoms with Gasteiger partial charge in [0.25, 0.3) is 5.91 Å². The van der Waals surface area contributed by atoms with Gasteiger partial charge in [-0.1, -0.05) is 12.1 Å². The molecule has 3 aromatic rings. The maximum Gasteiger partial charge on any atom is 0.255 e. The molecule has 0 bridgehead atoms. The number of hydrogen-bond donors (Lipinski definition) is 2. The van der Waals surface area contributed by atoms with Crippen molar-refractivity contribution in [2.45, 2.75) is 6.54 Å². The number of anilines is 1. The zero-order valence-corrected chi connectivity index (χ0v) is 13.6. The van der Waals surface area contributed by atoms with E-state index in [0.29, 0.717) is 35.9 Å². The normalized spacial score (nSPS) is 10.2. The van der Waals surface area contributed by atoms with Gasteiger partial charge in [0, 0.05) is 25.5 Å². The lowest BCUT2D eigenvalue weighted by Gasteiger charge is -2.12. The lowest BCUT2D eigenvalue weighted by Crippen LogP contribution is -2.24. The van der Waals surface area contributed by atoms with Gasteiger partial charge in [0.2, 0.25) is 0 Å². The molecule has 0 saturated carbocycles. The Bertz CT molecular complexity index is 845. The first kappa shape index (κ1) is 16.4. The zero-order valence-electron chi connectivity index (χ0n) is 13.6. The highest BCUT2D eigenvalue weighted by Crippen LogP contribution is 2.22. The molecule has 0 atom stereocenters. The van der Waals surface area contributed by atoms with Crippen LogP contribution in [0.4, 0.5) is 5.82 Å². The summed E-state index contributed by atoms with van der Waals surface area (Å²) in [5.41, 5.74) is 2.10. The summed E-state index contributed by atoms with van der Waals surface area (Å²) in [5, 5.41) is 5.98. The molecule has 6 nitrogen and oxygen atoms in total. The number of carbonyl (C=O) groups excluding carboxylic acids is 1. The number of aromatic nitrogens is 2. The third-order valence-electron chi connectivity index (χ3n) is 3.50. The van der Waals surface area contributed by atoms with Gasteiger partial charge >= 0.3 is 0 Å². The number of furan rings is 1. The maximum atomic E-state index is 12.4. The van der Waals surface area contributed by atoms with Crippen molar-refractivity contribution in [2.24, 2.45) is 0 Å². The van der Waals surface area contributed by atoms with Crippen molar-refractivity contribution in [2.75, 3.05) is 11.9 Å². The Balaban J connectivity index is 1.88. The monoisotopic (exact) mass is 334 g/mol. The van der Waals surface area contributed by atoms with Crippen molar-refractivity contribution >= 4 is 11.7 Å².